The largest absolute Gasteiger partial charge is 0.471 e. The lowest BCUT2D eigenvalue weighted by molar-refractivity contribution is -0.186. The van der Waals surface area contributed by atoms with Crippen LogP contribution >= 0.6 is 0 Å². The van der Waals surface area contributed by atoms with Crippen molar-refractivity contribution < 1.29 is 22.8 Å². The maximum absolute atomic E-state index is 12.7. The van der Waals surface area contributed by atoms with Crippen molar-refractivity contribution in [2.75, 3.05) is 26.2 Å². The van der Waals surface area contributed by atoms with Gasteiger partial charge in [-0.3, -0.25) is 14.5 Å². The van der Waals surface area contributed by atoms with Crippen molar-refractivity contribution in [3.05, 3.63) is 0 Å². The van der Waals surface area contributed by atoms with E-state index < -0.39 is 24.0 Å². The lowest BCUT2D eigenvalue weighted by atomic mass is 10.0. The summed E-state index contributed by atoms with van der Waals surface area (Å²) in [6.07, 6.45) is -1.03. The number of nitrogens with zero attached hydrogens (tertiary/aromatic N) is 2. The van der Waals surface area contributed by atoms with Crippen LogP contribution in [-0.4, -0.2) is 66.1 Å². The van der Waals surface area contributed by atoms with E-state index in [1.807, 2.05) is 0 Å². The van der Waals surface area contributed by atoms with E-state index in [-0.39, 0.29) is 19.0 Å². The Bertz CT molecular complexity index is 476. The van der Waals surface area contributed by atoms with Gasteiger partial charge in [0.2, 0.25) is 5.91 Å². The first kappa shape index (κ1) is 20.0. The van der Waals surface area contributed by atoms with Crippen molar-refractivity contribution in [1.29, 1.82) is 0 Å². The van der Waals surface area contributed by atoms with Crippen LogP contribution in [0.3, 0.4) is 0 Å². The molecule has 2 amide bonds. The number of likely N-dealkylation sites (tertiary alicyclic amines) is 2. The molecular weight excluding hydrogens is 335 g/mol. The number of carbonyl (C=O) groups excluding carboxylic acids is 2. The van der Waals surface area contributed by atoms with Gasteiger partial charge in [0.1, 0.15) is 6.04 Å². The first-order chi connectivity index (χ1) is 11.7. The zero-order valence-electron chi connectivity index (χ0n) is 14.9. The van der Waals surface area contributed by atoms with Gasteiger partial charge in [-0.05, 0) is 51.1 Å². The maximum Gasteiger partial charge on any atom is 0.471 e. The van der Waals surface area contributed by atoms with Crippen molar-refractivity contribution in [3.63, 3.8) is 0 Å². The van der Waals surface area contributed by atoms with Gasteiger partial charge in [0.25, 0.3) is 0 Å². The van der Waals surface area contributed by atoms with Gasteiger partial charge in [0.05, 0.1) is 0 Å². The summed E-state index contributed by atoms with van der Waals surface area (Å²) in [5, 5.41) is 2.80. The molecule has 5 nitrogen and oxygen atoms in total. The Labute approximate surface area is 146 Å². The Balaban J connectivity index is 1.93. The Morgan fingerprint density at radius 2 is 1.76 bits per heavy atom. The minimum absolute atomic E-state index is 0.0159. The topological polar surface area (TPSA) is 52.7 Å². The second kappa shape index (κ2) is 8.38. The molecule has 0 aromatic carbocycles. The number of hydrogen-bond donors (Lipinski definition) is 1. The fourth-order valence-corrected chi connectivity index (χ4v) is 3.79. The van der Waals surface area contributed by atoms with Crippen LogP contribution in [0.2, 0.25) is 0 Å². The SMILES string of the molecule is CC(C)CC(CNC(=O)C1CCCN1C(=O)C(F)(F)F)N1CCCC1. The van der Waals surface area contributed by atoms with Crippen molar-refractivity contribution >= 4 is 11.8 Å². The predicted molar refractivity (Wildman–Crippen MR) is 87.8 cm³/mol. The van der Waals surface area contributed by atoms with Crippen LogP contribution in [0, 0.1) is 5.92 Å². The minimum Gasteiger partial charge on any atom is -0.353 e. The molecule has 0 saturated carbocycles. The van der Waals surface area contributed by atoms with E-state index in [0.29, 0.717) is 23.8 Å². The van der Waals surface area contributed by atoms with E-state index in [1.54, 1.807) is 0 Å². The summed E-state index contributed by atoms with van der Waals surface area (Å²) in [4.78, 5) is 26.9. The molecule has 2 unspecified atom stereocenters. The van der Waals surface area contributed by atoms with Gasteiger partial charge < -0.3 is 10.2 Å². The average molecular weight is 363 g/mol. The predicted octanol–water partition coefficient (Wildman–Crippen LogP) is 2.17. The highest BCUT2D eigenvalue weighted by molar-refractivity contribution is 5.90. The molecule has 1 N–H and O–H groups in total. The van der Waals surface area contributed by atoms with Crippen LogP contribution in [0.5, 0.6) is 0 Å². The molecule has 0 spiro atoms. The second-order valence-electron chi connectivity index (χ2n) is 7.43. The molecule has 0 bridgehead atoms. The molecule has 0 radical (unpaired) electrons. The van der Waals surface area contributed by atoms with Gasteiger partial charge in [-0.25, -0.2) is 0 Å². The molecule has 2 aliphatic rings. The summed E-state index contributed by atoms with van der Waals surface area (Å²) < 4.78 is 38.0. The highest BCUT2D eigenvalue weighted by Gasteiger charge is 2.47. The number of alkyl halides is 3. The highest BCUT2D eigenvalue weighted by Crippen LogP contribution is 2.26. The molecule has 0 aromatic heterocycles. The molecule has 8 heteroatoms. The van der Waals surface area contributed by atoms with E-state index in [4.69, 9.17) is 0 Å². The Kier molecular flexibility index (Phi) is 6.71. The van der Waals surface area contributed by atoms with Crippen molar-refractivity contribution in [2.24, 2.45) is 5.92 Å². The fourth-order valence-electron chi connectivity index (χ4n) is 3.79. The third-order valence-corrected chi connectivity index (χ3v) is 4.97. The normalized spacial score (nSPS) is 23.3. The van der Waals surface area contributed by atoms with Crippen molar-refractivity contribution in [3.8, 4) is 0 Å². The first-order valence-corrected chi connectivity index (χ1v) is 9.09. The molecule has 2 saturated heterocycles. The lowest BCUT2D eigenvalue weighted by Gasteiger charge is -2.30. The molecule has 2 aliphatic heterocycles. The van der Waals surface area contributed by atoms with Gasteiger partial charge in [0.15, 0.2) is 0 Å². The fraction of sp³-hybridized carbons (Fsp3) is 0.882. The monoisotopic (exact) mass is 363 g/mol. The second-order valence-corrected chi connectivity index (χ2v) is 7.43. The third-order valence-electron chi connectivity index (χ3n) is 4.97. The van der Waals surface area contributed by atoms with Gasteiger partial charge >= 0.3 is 12.1 Å². The summed E-state index contributed by atoms with van der Waals surface area (Å²) in [7, 11) is 0. The summed E-state index contributed by atoms with van der Waals surface area (Å²) >= 11 is 0. The Morgan fingerprint density at radius 3 is 2.32 bits per heavy atom. The Morgan fingerprint density at radius 1 is 1.12 bits per heavy atom. The molecule has 0 aromatic rings. The first-order valence-electron chi connectivity index (χ1n) is 9.09. The van der Waals surface area contributed by atoms with Crippen molar-refractivity contribution in [1.82, 2.24) is 15.1 Å². The maximum atomic E-state index is 12.7. The number of amides is 2. The number of halogens is 3. The van der Waals surface area contributed by atoms with E-state index >= 15 is 0 Å². The van der Waals surface area contributed by atoms with Gasteiger partial charge in [0, 0.05) is 19.1 Å². The molecule has 2 fully saturated rings. The summed E-state index contributed by atoms with van der Waals surface area (Å²) in [5.74, 6) is -1.91. The average Bonchev–Trinajstić information content (AvgIpc) is 3.19. The van der Waals surface area contributed by atoms with E-state index in [1.165, 1.54) is 0 Å². The van der Waals surface area contributed by atoms with Gasteiger partial charge in [-0.2, -0.15) is 13.2 Å². The zero-order valence-corrected chi connectivity index (χ0v) is 14.9. The van der Waals surface area contributed by atoms with E-state index in [9.17, 15) is 22.8 Å². The van der Waals surface area contributed by atoms with E-state index in [0.717, 1.165) is 32.4 Å². The molecule has 2 atom stereocenters. The lowest BCUT2D eigenvalue weighted by Crippen LogP contribution is -2.52. The molecule has 2 heterocycles. The van der Waals surface area contributed by atoms with Crippen LogP contribution in [0.1, 0.15) is 46.0 Å². The number of hydrogen-bond acceptors (Lipinski definition) is 3. The standard InChI is InChI=1S/C17H28F3N3O2/c1-12(2)10-13(22-7-3-4-8-22)11-21-15(24)14-6-5-9-23(14)16(25)17(18,19)20/h12-14H,3-11H2,1-2H3,(H,21,24). The van der Waals surface area contributed by atoms with Crippen LogP contribution < -0.4 is 5.32 Å². The molecular formula is C17H28F3N3O2. The van der Waals surface area contributed by atoms with Crippen LogP contribution in [0.15, 0.2) is 0 Å². The van der Waals surface area contributed by atoms with Crippen LogP contribution in [0.25, 0.3) is 0 Å². The van der Waals surface area contributed by atoms with Crippen molar-refractivity contribution in [2.45, 2.75) is 64.2 Å². The summed E-state index contributed by atoms with van der Waals surface area (Å²) in [6.45, 7) is 6.63. The zero-order chi connectivity index (χ0) is 18.6. The number of carbonyl (C=O) groups is 2. The van der Waals surface area contributed by atoms with E-state index in [2.05, 4.69) is 24.1 Å². The molecule has 144 valence electrons. The number of rotatable bonds is 6. The summed E-state index contributed by atoms with van der Waals surface area (Å²) in [6, 6.07) is -0.813. The van der Waals surface area contributed by atoms with Gasteiger partial charge in [-0.1, -0.05) is 13.8 Å². The quantitative estimate of drug-likeness (QED) is 0.787. The van der Waals surface area contributed by atoms with Gasteiger partial charge in [-0.15, -0.1) is 0 Å². The highest BCUT2D eigenvalue weighted by atomic mass is 19.4. The third kappa shape index (κ3) is 5.33. The molecule has 25 heavy (non-hydrogen) atoms. The minimum atomic E-state index is -4.93. The number of nitrogens with one attached hydrogen (secondary N) is 1. The molecule has 0 aliphatic carbocycles. The molecule has 2 rings (SSSR count). The Hall–Kier alpha value is -1.31. The van der Waals surface area contributed by atoms with Crippen LogP contribution in [-0.2, 0) is 9.59 Å². The summed E-state index contributed by atoms with van der Waals surface area (Å²) in [5.41, 5.74) is 0. The van der Waals surface area contributed by atoms with Crippen LogP contribution in [0.4, 0.5) is 13.2 Å². The smallest absolute Gasteiger partial charge is 0.353 e.